The lowest BCUT2D eigenvalue weighted by Gasteiger charge is -2.10. The number of methoxy groups -OCH3 is 1. The minimum atomic E-state index is -0.173. The van der Waals surface area contributed by atoms with Gasteiger partial charge in [0.05, 0.1) is 26.4 Å². The fourth-order valence-corrected chi connectivity index (χ4v) is 2.37. The van der Waals surface area contributed by atoms with Crippen LogP contribution in [0.3, 0.4) is 0 Å². The number of halogens is 1. The highest BCUT2D eigenvalue weighted by molar-refractivity contribution is 9.10. The van der Waals surface area contributed by atoms with E-state index in [4.69, 9.17) is 9.47 Å². The van der Waals surface area contributed by atoms with E-state index in [0.717, 1.165) is 22.0 Å². The van der Waals surface area contributed by atoms with E-state index in [0.29, 0.717) is 18.1 Å². The third kappa shape index (κ3) is 6.23. The Morgan fingerprint density at radius 3 is 2.64 bits per heavy atom. The second-order valence-corrected chi connectivity index (χ2v) is 6.27. The van der Waals surface area contributed by atoms with Crippen LogP contribution >= 0.6 is 15.9 Å². The van der Waals surface area contributed by atoms with Crippen LogP contribution in [-0.2, 0) is 11.2 Å². The van der Waals surface area contributed by atoms with Crippen LogP contribution in [0, 0.1) is 0 Å². The van der Waals surface area contributed by atoms with Gasteiger partial charge in [-0.15, -0.1) is 0 Å². The number of carbonyl (C=O) groups is 1. The van der Waals surface area contributed by atoms with Gasteiger partial charge in [0, 0.05) is 4.47 Å². The van der Waals surface area contributed by atoms with Crippen molar-refractivity contribution in [2.75, 3.05) is 13.7 Å². The average molecular weight is 405 g/mol. The van der Waals surface area contributed by atoms with Crippen molar-refractivity contribution >= 4 is 28.1 Å². The zero-order valence-electron chi connectivity index (χ0n) is 14.3. The molecule has 0 aliphatic rings. The first-order valence-corrected chi connectivity index (χ1v) is 8.79. The summed E-state index contributed by atoms with van der Waals surface area (Å²) in [5, 5.41) is 3.99. The minimum Gasteiger partial charge on any atom is -0.493 e. The molecule has 1 N–H and O–H groups in total. The molecule has 2 aromatic rings. The van der Waals surface area contributed by atoms with Crippen LogP contribution in [0.1, 0.15) is 24.5 Å². The van der Waals surface area contributed by atoms with Gasteiger partial charge < -0.3 is 9.47 Å². The van der Waals surface area contributed by atoms with Crippen molar-refractivity contribution in [1.82, 2.24) is 5.43 Å². The second kappa shape index (κ2) is 9.84. The zero-order chi connectivity index (χ0) is 18.1. The third-order valence-corrected chi connectivity index (χ3v) is 3.86. The lowest BCUT2D eigenvalue weighted by Crippen LogP contribution is -2.19. The summed E-state index contributed by atoms with van der Waals surface area (Å²) >= 11 is 3.37. The highest BCUT2D eigenvalue weighted by Crippen LogP contribution is 2.27. The SMILES string of the molecule is CCCOc1ccc(/C=N\NC(=O)Cc2ccc(Br)cc2)cc1OC. The first-order valence-electron chi connectivity index (χ1n) is 7.99. The van der Waals surface area contributed by atoms with Crippen molar-refractivity contribution in [3.05, 3.63) is 58.1 Å². The summed E-state index contributed by atoms with van der Waals surface area (Å²) in [6.45, 7) is 2.68. The topological polar surface area (TPSA) is 59.9 Å². The molecule has 0 unspecified atom stereocenters. The molecule has 0 bridgehead atoms. The molecule has 0 aliphatic heterocycles. The molecule has 6 heteroatoms. The number of hydrogen-bond donors (Lipinski definition) is 1. The molecular formula is C19H21BrN2O3. The Morgan fingerprint density at radius 2 is 1.96 bits per heavy atom. The molecule has 2 aromatic carbocycles. The monoisotopic (exact) mass is 404 g/mol. The van der Waals surface area contributed by atoms with Gasteiger partial charge in [0.25, 0.3) is 0 Å². The molecule has 0 fully saturated rings. The quantitative estimate of drug-likeness (QED) is 0.535. The molecule has 132 valence electrons. The van der Waals surface area contributed by atoms with Crippen molar-refractivity contribution < 1.29 is 14.3 Å². The standard InChI is InChI=1S/C19H21BrN2O3/c1-3-10-25-17-9-6-15(11-18(17)24-2)13-21-22-19(23)12-14-4-7-16(20)8-5-14/h4-9,11,13H,3,10,12H2,1-2H3,(H,22,23)/b21-13-. The average Bonchev–Trinajstić information content (AvgIpc) is 2.62. The largest absolute Gasteiger partial charge is 0.493 e. The Hall–Kier alpha value is -2.34. The predicted molar refractivity (Wildman–Crippen MR) is 102 cm³/mol. The smallest absolute Gasteiger partial charge is 0.244 e. The Labute approximate surface area is 156 Å². The fraction of sp³-hybridized carbons (Fsp3) is 0.263. The van der Waals surface area contributed by atoms with E-state index >= 15 is 0 Å². The summed E-state index contributed by atoms with van der Waals surface area (Å²) in [7, 11) is 1.59. The molecule has 0 radical (unpaired) electrons. The van der Waals surface area contributed by atoms with Gasteiger partial charge >= 0.3 is 0 Å². The summed E-state index contributed by atoms with van der Waals surface area (Å²) in [4.78, 5) is 11.9. The molecule has 2 rings (SSSR count). The van der Waals surface area contributed by atoms with Crippen LogP contribution in [0.2, 0.25) is 0 Å². The number of hydrazone groups is 1. The van der Waals surface area contributed by atoms with E-state index < -0.39 is 0 Å². The molecule has 0 aliphatic carbocycles. The van der Waals surface area contributed by atoms with Gasteiger partial charge in [0.1, 0.15) is 0 Å². The van der Waals surface area contributed by atoms with Crippen molar-refractivity contribution in [1.29, 1.82) is 0 Å². The van der Waals surface area contributed by atoms with E-state index in [-0.39, 0.29) is 12.3 Å². The number of carbonyl (C=O) groups excluding carboxylic acids is 1. The normalized spacial score (nSPS) is 10.7. The van der Waals surface area contributed by atoms with Gasteiger partial charge in [-0.1, -0.05) is 35.0 Å². The summed E-state index contributed by atoms with van der Waals surface area (Å²) < 4.78 is 11.9. The predicted octanol–water partition coefficient (Wildman–Crippen LogP) is 3.94. The molecule has 0 saturated heterocycles. The van der Waals surface area contributed by atoms with Crippen molar-refractivity contribution in [3.8, 4) is 11.5 Å². The van der Waals surface area contributed by atoms with Gasteiger partial charge in [0.15, 0.2) is 11.5 Å². The number of nitrogens with one attached hydrogen (secondary N) is 1. The molecule has 25 heavy (non-hydrogen) atoms. The van der Waals surface area contributed by atoms with Gasteiger partial charge in [-0.2, -0.15) is 5.10 Å². The number of hydrogen-bond acceptors (Lipinski definition) is 4. The minimum absolute atomic E-state index is 0.173. The number of rotatable bonds is 8. The van der Waals surface area contributed by atoms with Gasteiger partial charge in [-0.05, 0) is 47.9 Å². The first-order chi connectivity index (χ1) is 12.1. The van der Waals surface area contributed by atoms with Gasteiger partial charge in [-0.3, -0.25) is 4.79 Å². The first kappa shape index (κ1) is 19.0. The van der Waals surface area contributed by atoms with Crippen LogP contribution in [0.15, 0.2) is 52.0 Å². The molecule has 0 aromatic heterocycles. The van der Waals surface area contributed by atoms with E-state index in [2.05, 4.69) is 26.5 Å². The second-order valence-electron chi connectivity index (χ2n) is 5.36. The van der Waals surface area contributed by atoms with Crippen molar-refractivity contribution in [2.45, 2.75) is 19.8 Å². The number of amides is 1. The van der Waals surface area contributed by atoms with E-state index in [1.807, 2.05) is 49.4 Å². The third-order valence-electron chi connectivity index (χ3n) is 3.33. The zero-order valence-corrected chi connectivity index (χ0v) is 15.9. The lowest BCUT2D eigenvalue weighted by atomic mass is 10.1. The lowest BCUT2D eigenvalue weighted by molar-refractivity contribution is -0.120. The Kier molecular flexibility index (Phi) is 7.47. The molecular weight excluding hydrogens is 384 g/mol. The van der Waals surface area contributed by atoms with Crippen LogP contribution in [0.5, 0.6) is 11.5 Å². The molecule has 0 spiro atoms. The molecule has 0 atom stereocenters. The number of nitrogens with zero attached hydrogens (tertiary/aromatic N) is 1. The maximum absolute atomic E-state index is 11.9. The maximum Gasteiger partial charge on any atom is 0.244 e. The van der Waals surface area contributed by atoms with Crippen molar-refractivity contribution in [3.63, 3.8) is 0 Å². The molecule has 1 amide bonds. The van der Waals surface area contributed by atoms with E-state index in [1.54, 1.807) is 13.3 Å². The summed E-state index contributed by atoms with van der Waals surface area (Å²) in [5.41, 5.74) is 4.26. The van der Waals surface area contributed by atoms with E-state index in [1.165, 1.54) is 0 Å². The maximum atomic E-state index is 11.9. The van der Waals surface area contributed by atoms with Crippen LogP contribution in [0.25, 0.3) is 0 Å². The summed E-state index contributed by atoms with van der Waals surface area (Å²) in [6, 6.07) is 13.1. The summed E-state index contributed by atoms with van der Waals surface area (Å²) in [6.07, 6.45) is 2.78. The Bertz CT molecular complexity index is 730. The highest BCUT2D eigenvalue weighted by atomic mass is 79.9. The molecule has 0 saturated carbocycles. The molecule has 5 nitrogen and oxygen atoms in total. The molecule has 0 heterocycles. The Balaban J connectivity index is 1.92. The van der Waals surface area contributed by atoms with Crippen LogP contribution in [0.4, 0.5) is 0 Å². The summed E-state index contributed by atoms with van der Waals surface area (Å²) in [5.74, 6) is 1.16. The van der Waals surface area contributed by atoms with E-state index in [9.17, 15) is 4.79 Å². The van der Waals surface area contributed by atoms with Crippen LogP contribution in [-0.4, -0.2) is 25.8 Å². The van der Waals surface area contributed by atoms with Crippen molar-refractivity contribution in [2.24, 2.45) is 5.10 Å². The van der Waals surface area contributed by atoms with Gasteiger partial charge in [-0.25, -0.2) is 5.43 Å². The van der Waals surface area contributed by atoms with Gasteiger partial charge in [0.2, 0.25) is 5.91 Å². The Morgan fingerprint density at radius 1 is 1.20 bits per heavy atom. The van der Waals surface area contributed by atoms with Crippen LogP contribution < -0.4 is 14.9 Å². The number of benzene rings is 2. The number of ether oxygens (including phenoxy) is 2. The highest BCUT2D eigenvalue weighted by Gasteiger charge is 2.05. The fourth-order valence-electron chi connectivity index (χ4n) is 2.10.